The Morgan fingerprint density at radius 3 is 2.39 bits per heavy atom. The van der Waals surface area contributed by atoms with Gasteiger partial charge in [0.25, 0.3) is 5.91 Å². The molecule has 2 N–H and O–H groups in total. The second kappa shape index (κ2) is 7.25. The van der Waals surface area contributed by atoms with E-state index in [4.69, 9.17) is 5.73 Å². The maximum absolute atomic E-state index is 13.0. The van der Waals surface area contributed by atoms with Crippen LogP contribution < -0.4 is 5.73 Å². The molecular formula is C19H32N2OS. The van der Waals surface area contributed by atoms with Gasteiger partial charge < -0.3 is 10.6 Å². The molecule has 0 bridgehead atoms. The van der Waals surface area contributed by atoms with Gasteiger partial charge in [0, 0.05) is 18.0 Å². The first kappa shape index (κ1) is 18.3. The minimum atomic E-state index is 0.151. The minimum absolute atomic E-state index is 0.151. The number of thiophene rings is 1. The van der Waals surface area contributed by atoms with Gasteiger partial charge in [-0.3, -0.25) is 4.79 Å². The van der Waals surface area contributed by atoms with Crippen LogP contribution in [0, 0.1) is 11.3 Å². The molecule has 1 unspecified atom stereocenters. The number of hydrogen-bond acceptors (Lipinski definition) is 3. The van der Waals surface area contributed by atoms with E-state index in [9.17, 15) is 4.79 Å². The molecule has 130 valence electrons. The number of anilines is 1. The van der Waals surface area contributed by atoms with Gasteiger partial charge >= 0.3 is 0 Å². The van der Waals surface area contributed by atoms with Crippen LogP contribution in [0.15, 0.2) is 0 Å². The standard InChI is InChI=1S/C19H32N2OS/c1-6-10-21(11-7-2)18(22)16-14-9-8-13(19(3,4)5)12-15(14)23-17(16)20/h13H,6-12,20H2,1-5H3. The monoisotopic (exact) mass is 336 g/mol. The summed E-state index contributed by atoms with van der Waals surface area (Å²) in [6.45, 7) is 12.8. The van der Waals surface area contributed by atoms with Gasteiger partial charge in [0.1, 0.15) is 0 Å². The topological polar surface area (TPSA) is 46.3 Å². The Balaban J connectivity index is 2.29. The first-order valence-corrected chi connectivity index (χ1v) is 9.80. The third-order valence-corrected chi connectivity index (χ3v) is 6.09. The lowest BCUT2D eigenvalue weighted by Crippen LogP contribution is -2.34. The lowest BCUT2D eigenvalue weighted by Gasteiger charge is -2.34. The highest BCUT2D eigenvalue weighted by molar-refractivity contribution is 7.16. The Morgan fingerprint density at radius 1 is 1.26 bits per heavy atom. The third kappa shape index (κ3) is 3.90. The first-order valence-electron chi connectivity index (χ1n) is 8.98. The number of nitrogens with two attached hydrogens (primary N) is 1. The van der Waals surface area contributed by atoms with Gasteiger partial charge in [-0.1, -0.05) is 34.6 Å². The molecule has 1 aliphatic rings. The Bertz CT molecular complexity index is 550. The minimum Gasteiger partial charge on any atom is -0.390 e. The van der Waals surface area contributed by atoms with Gasteiger partial charge in [-0.25, -0.2) is 0 Å². The predicted molar refractivity (Wildman–Crippen MR) is 100 cm³/mol. The number of carbonyl (C=O) groups is 1. The quantitative estimate of drug-likeness (QED) is 0.844. The molecule has 1 aromatic rings. The molecule has 0 saturated heterocycles. The van der Waals surface area contributed by atoms with E-state index < -0.39 is 0 Å². The highest BCUT2D eigenvalue weighted by Gasteiger charge is 2.34. The average Bonchev–Trinajstić information content (AvgIpc) is 2.80. The summed E-state index contributed by atoms with van der Waals surface area (Å²) in [7, 11) is 0. The van der Waals surface area contributed by atoms with Crippen molar-refractivity contribution < 1.29 is 4.79 Å². The molecule has 1 aromatic heterocycles. The molecular weight excluding hydrogens is 304 g/mol. The van der Waals surface area contributed by atoms with Gasteiger partial charge in [-0.2, -0.15) is 0 Å². The second-order valence-corrected chi connectivity index (χ2v) is 8.98. The van der Waals surface area contributed by atoms with Crippen molar-refractivity contribution in [1.82, 2.24) is 4.90 Å². The maximum Gasteiger partial charge on any atom is 0.257 e. The fourth-order valence-corrected chi connectivity index (χ4v) is 4.78. The van der Waals surface area contributed by atoms with Crippen LogP contribution in [0.3, 0.4) is 0 Å². The van der Waals surface area contributed by atoms with Gasteiger partial charge in [-0.05, 0) is 49.0 Å². The zero-order valence-corrected chi connectivity index (χ0v) is 16.2. The fourth-order valence-electron chi connectivity index (χ4n) is 3.59. The molecule has 0 radical (unpaired) electrons. The van der Waals surface area contributed by atoms with Crippen molar-refractivity contribution in [2.75, 3.05) is 18.8 Å². The van der Waals surface area contributed by atoms with Crippen LogP contribution in [0.5, 0.6) is 0 Å². The zero-order chi connectivity index (χ0) is 17.2. The Kier molecular flexibility index (Phi) is 5.77. The fraction of sp³-hybridized carbons (Fsp3) is 0.737. The van der Waals surface area contributed by atoms with Crippen molar-refractivity contribution in [3.8, 4) is 0 Å². The summed E-state index contributed by atoms with van der Waals surface area (Å²) in [5, 5.41) is 0.728. The van der Waals surface area contributed by atoms with Crippen LogP contribution >= 0.6 is 11.3 Å². The lowest BCUT2D eigenvalue weighted by molar-refractivity contribution is 0.0755. The molecule has 23 heavy (non-hydrogen) atoms. The number of amides is 1. The maximum atomic E-state index is 13.0. The summed E-state index contributed by atoms with van der Waals surface area (Å²) in [5.41, 5.74) is 8.66. The molecule has 1 atom stereocenters. The lowest BCUT2D eigenvalue weighted by atomic mass is 9.72. The van der Waals surface area contributed by atoms with E-state index in [0.29, 0.717) is 11.3 Å². The van der Waals surface area contributed by atoms with Crippen LogP contribution in [0.2, 0.25) is 0 Å². The molecule has 0 spiro atoms. The van der Waals surface area contributed by atoms with Crippen LogP contribution in [0.25, 0.3) is 0 Å². The van der Waals surface area contributed by atoms with Gasteiger partial charge in [0.2, 0.25) is 0 Å². The van der Waals surface area contributed by atoms with Crippen LogP contribution in [0.1, 0.15) is 74.7 Å². The molecule has 1 amide bonds. The van der Waals surface area contributed by atoms with Gasteiger partial charge in [-0.15, -0.1) is 11.3 Å². The van der Waals surface area contributed by atoms with Gasteiger partial charge in [0.15, 0.2) is 0 Å². The predicted octanol–water partition coefficient (Wildman–Crippen LogP) is 4.74. The molecule has 0 saturated carbocycles. The van der Waals surface area contributed by atoms with Crippen molar-refractivity contribution in [2.24, 2.45) is 11.3 Å². The van der Waals surface area contributed by atoms with Crippen molar-refractivity contribution >= 4 is 22.2 Å². The van der Waals surface area contributed by atoms with Crippen LogP contribution in [0.4, 0.5) is 5.00 Å². The molecule has 0 fully saturated rings. The number of nitrogens with zero attached hydrogens (tertiary/aromatic N) is 1. The van der Waals surface area contributed by atoms with E-state index in [0.717, 1.165) is 55.8 Å². The Hall–Kier alpha value is -1.03. The molecule has 4 heteroatoms. The smallest absolute Gasteiger partial charge is 0.257 e. The van der Waals surface area contributed by atoms with Gasteiger partial charge in [0.05, 0.1) is 10.6 Å². The average molecular weight is 337 g/mol. The van der Waals surface area contributed by atoms with E-state index in [1.165, 1.54) is 10.4 Å². The molecule has 1 aliphatic carbocycles. The molecule has 2 rings (SSSR count). The summed E-state index contributed by atoms with van der Waals surface area (Å²) in [5.74, 6) is 0.830. The normalized spacial score (nSPS) is 17.9. The van der Waals surface area contributed by atoms with Crippen LogP contribution in [-0.2, 0) is 12.8 Å². The van der Waals surface area contributed by atoms with E-state index in [2.05, 4.69) is 34.6 Å². The number of fused-ring (bicyclic) bond motifs is 1. The zero-order valence-electron chi connectivity index (χ0n) is 15.4. The first-order chi connectivity index (χ1) is 10.8. The largest absolute Gasteiger partial charge is 0.390 e. The number of hydrogen-bond donors (Lipinski definition) is 1. The molecule has 1 heterocycles. The highest BCUT2D eigenvalue weighted by Crippen LogP contribution is 2.43. The summed E-state index contributed by atoms with van der Waals surface area (Å²) >= 11 is 1.65. The van der Waals surface area contributed by atoms with E-state index in [1.807, 2.05) is 4.90 Å². The van der Waals surface area contributed by atoms with Crippen molar-refractivity contribution in [2.45, 2.75) is 66.7 Å². The molecule has 0 aliphatic heterocycles. The SMILES string of the molecule is CCCN(CCC)C(=O)c1c(N)sc2c1CCC(C(C)(C)C)C2. The molecule has 3 nitrogen and oxygen atoms in total. The van der Waals surface area contributed by atoms with E-state index in [-0.39, 0.29) is 5.91 Å². The van der Waals surface area contributed by atoms with Crippen molar-refractivity contribution in [1.29, 1.82) is 0 Å². The van der Waals surface area contributed by atoms with Crippen LogP contribution in [-0.4, -0.2) is 23.9 Å². The summed E-state index contributed by atoms with van der Waals surface area (Å²) in [6, 6.07) is 0. The van der Waals surface area contributed by atoms with Crippen molar-refractivity contribution in [3.05, 3.63) is 16.0 Å². The van der Waals surface area contributed by atoms with Crippen molar-refractivity contribution in [3.63, 3.8) is 0 Å². The van der Waals surface area contributed by atoms with E-state index in [1.54, 1.807) is 11.3 Å². The number of nitrogen functional groups attached to an aromatic ring is 1. The Morgan fingerprint density at radius 2 is 1.87 bits per heavy atom. The third-order valence-electron chi connectivity index (χ3n) is 5.01. The molecule has 0 aromatic carbocycles. The van der Waals surface area contributed by atoms with E-state index >= 15 is 0 Å². The highest BCUT2D eigenvalue weighted by atomic mass is 32.1. The number of rotatable bonds is 5. The summed E-state index contributed by atoms with van der Waals surface area (Å²) in [4.78, 5) is 16.3. The summed E-state index contributed by atoms with van der Waals surface area (Å²) in [6.07, 6.45) is 5.21. The second-order valence-electron chi connectivity index (χ2n) is 7.84. The Labute approximate surface area is 145 Å². The number of carbonyl (C=O) groups excluding carboxylic acids is 1. The summed E-state index contributed by atoms with van der Waals surface area (Å²) < 4.78 is 0.